The maximum absolute atomic E-state index is 12.1. The zero-order valence-electron chi connectivity index (χ0n) is 45.2. The Kier molecular flexibility index (Phi) is 28.9. The molecule has 4 rings (SSSR count). The number of carboxylic acid groups (broad SMARTS) is 2. The summed E-state index contributed by atoms with van der Waals surface area (Å²) in [5.74, 6) is -1.99. The number of hydrogen-bond donors (Lipinski definition) is 8. The Hall–Kier alpha value is -8.74. The number of aliphatic carboxylic acids is 2. The van der Waals surface area contributed by atoms with Gasteiger partial charge in [-0.25, -0.2) is 9.59 Å². The number of nitrogens with one attached hydrogen (secondary N) is 3. The van der Waals surface area contributed by atoms with E-state index < -0.39 is 60.3 Å². The molecule has 4 aromatic carbocycles. The molecule has 0 aromatic heterocycles. The van der Waals surface area contributed by atoms with Crippen LogP contribution in [0.25, 0.3) is 0 Å². The fourth-order valence-electron chi connectivity index (χ4n) is 5.48. The number of azo groups is 2. The molecular weight excluding hydrogens is 1060 g/mol. The van der Waals surface area contributed by atoms with Crippen LogP contribution in [-0.2, 0) is 23.9 Å². The first-order chi connectivity index (χ1) is 37.1. The smallest absolute Gasteiger partial charge is 0.430 e. The van der Waals surface area contributed by atoms with Crippen LogP contribution in [0.5, 0.6) is 46.0 Å². The Labute approximate surface area is 451 Å². The van der Waals surface area contributed by atoms with Gasteiger partial charge in [-0.2, -0.15) is 33.6 Å². The molecule has 0 radical (unpaired) electrons. The summed E-state index contributed by atoms with van der Waals surface area (Å²) in [4.78, 5) is 54.3. The molecule has 4 aromatic rings. The van der Waals surface area contributed by atoms with E-state index in [2.05, 4.69) is 36.8 Å². The molecule has 436 valence electrons. The number of carboxylic acids is 2. The van der Waals surface area contributed by atoms with Crippen LogP contribution in [0.3, 0.4) is 0 Å². The van der Waals surface area contributed by atoms with Crippen molar-refractivity contribution in [3.8, 4) is 46.0 Å². The van der Waals surface area contributed by atoms with Gasteiger partial charge in [0.05, 0.1) is 110 Å². The Balaban J connectivity index is 0.000000586. The number of quaternary nitrogens is 1. The standard InChI is InChI=1S/C20H25N3O6.C19H24N4O6.C8H15NO5.C2HF3O2/c1-12(11-24)20(25)21-15-8-13(6-7-16(15)26-2)22-23-14-9-17(27-3)19(29-5)18(10-14)28-4;1-26-15-6-5-11(7-14(15)21-19(25)13(20)10-24)22-23-12-8-16(27-2)18(29-4)17(9-12)28-3;1-8(2,3)14-7(13)9-5(4-10)6(11)12;3-2(4,5)1(6)7/h6-10,12,24H,11H2,1-5H3,(H,21,25);5-9,13,24H,10,20H2,1-4H3,(H,21,25);5,10H,4H2,1-3H3,(H,9,13)(H,11,12);(H,6,7)/t12-;13-;5-;/m000./s1. The number of carbonyl (C=O) groups is 5. The fraction of sp³-hybridized carbons (Fsp3) is 0.408. The largest absolute Gasteiger partial charge is 0.542 e. The summed E-state index contributed by atoms with van der Waals surface area (Å²) in [6, 6.07) is 14.4. The summed E-state index contributed by atoms with van der Waals surface area (Å²) in [5, 5.41) is 68.3. The van der Waals surface area contributed by atoms with Gasteiger partial charge in [0.2, 0.25) is 17.4 Å². The minimum Gasteiger partial charge on any atom is -0.542 e. The SMILES string of the molecule is CC(C)(C)OC(=O)N[C@@H](CO)C(=O)O.COc1ccc(N=Nc2cc(OC)c(OC)c(OC)c2)cc1NC(=O)[C@@H](C)CO.COc1ccc(N=Nc2cc(OC)c(OC)c(OC)c2)cc1NC(=O)[C@@H]([NH3+])CO.O=C([O-])C(F)(F)F. The van der Waals surface area contributed by atoms with Crippen molar-refractivity contribution in [2.24, 2.45) is 26.4 Å². The monoisotopic (exact) mass is 1130 g/mol. The second kappa shape index (κ2) is 33.4. The van der Waals surface area contributed by atoms with Crippen molar-refractivity contribution in [3.05, 3.63) is 60.7 Å². The van der Waals surface area contributed by atoms with Crippen molar-refractivity contribution >= 4 is 64.0 Å². The first-order valence-corrected chi connectivity index (χ1v) is 22.7. The molecule has 0 bridgehead atoms. The predicted molar refractivity (Wildman–Crippen MR) is 273 cm³/mol. The topological polar surface area (TPSA) is 386 Å². The van der Waals surface area contributed by atoms with Crippen LogP contribution in [0.2, 0.25) is 0 Å². The number of carbonyl (C=O) groups excluding carboxylic acids is 4. The second-order valence-corrected chi connectivity index (χ2v) is 16.4. The molecule has 0 unspecified atom stereocenters. The normalized spacial score (nSPS) is 12.0. The highest BCUT2D eigenvalue weighted by Crippen LogP contribution is 2.43. The number of hydrogen-bond acceptors (Lipinski definition) is 22. The molecule has 79 heavy (non-hydrogen) atoms. The highest BCUT2D eigenvalue weighted by Gasteiger charge is 2.29. The highest BCUT2D eigenvalue weighted by molar-refractivity contribution is 5.96. The summed E-state index contributed by atoms with van der Waals surface area (Å²) in [5.41, 5.74) is 5.65. The lowest BCUT2D eigenvalue weighted by Gasteiger charge is -2.21. The molecule has 0 aliphatic carbocycles. The molecule has 0 saturated carbocycles. The van der Waals surface area contributed by atoms with Gasteiger partial charge in [-0.05, 0) is 57.2 Å². The van der Waals surface area contributed by atoms with Gasteiger partial charge in [-0.1, -0.05) is 6.92 Å². The molecule has 0 spiro atoms. The molecule has 0 heterocycles. The number of rotatable bonds is 21. The van der Waals surface area contributed by atoms with Gasteiger partial charge < -0.3 is 94.6 Å². The van der Waals surface area contributed by atoms with Crippen molar-refractivity contribution in [1.29, 1.82) is 0 Å². The number of alkyl carbamates (subject to hydrolysis) is 1. The van der Waals surface area contributed by atoms with Gasteiger partial charge in [-0.15, -0.1) is 0 Å². The zero-order chi connectivity index (χ0) is 60.2. The van der Waals surface area contributed by atoms with Crippen LogP contribution in [0.15, 0.2) is 81.1 Å². The first-order valence-electron chi connectivity index (χ1n) is 22.7. The number of aliphatic hydroxyl groups is 3. The van der Waals surface area contributed by atoms with Crippen molar-refractivity contribution in [1.82, 2.24) is 5.32 Å². The minimum atomic E-state index is -5.19. The van der Waals surface area contributed by atoms with Gasteiger partial charge in [0.25, 0.3) is 5.91 Å². The van der Waals surface area contributed by atoms with Crippen LogP contribution in [0.4, 0.5) is 52.1 Å². The van der Waals surface area contributed by atoms with Gasteiger partial charge in [0.15, 0.2) is 35.1 Å². The molecule has 0 aliphatic rings. The summed E-state index contributed by atoms with van der Waals surface area (Å²) < 4.78 is 78.6. The molecule has 0 fully saturated rings. The Morgan fingerprint density at radius 1 is 0.570 bits per heavy atom. The summed E-state index contributed by atoms with van der Waals surface area (Å²) >= 11 is 0. The number of halogens is 3. The quantitative estimate of drug-likeness (QED) is 0.0527. The lowest BCUT2D eigenvalue weighted by Crippen LogP contribution is -2.68. The number of methoxy groups -OCH3 is 8. The Morgan fingerprint density at radius 3 is 1.20 bits per heavy atom. The third kappa shape index (κ3) is 23.2. The van der Waals surface area contributed by atoms with E-state index in [1.54, 1.807) is 88.4 Å². The van der Waals surface area contributed by atoms with Gasteiger partial charge in [0, 0.05) is 24.3 Å². The zero-order valence-corrected chi connectivity index (χ0v) is 45.2. The number of ether oxygens (including phenoxy) is 9. The molecule has 0 saturated heterocycles. The van der Waals surface area contributed by atoms with Gasteiger partial charge >= 0.3 is 18.2 Å². The molecule has 3 atom stereocenters. The van der Waals surface area contributed by atoms with E-state index in [9.17, 15) is 32.3 Å². The van der Waals surface area contributed by atoms with E-state index in [-0.39, 0.29) is 19.1 Å². The third-order valence-corrected chi connectivity index (χ3v) is 9.46. The van der Waals surface area contributed by atoms with E-state index in [0.29, 0.717) is 80.1 Å². The lowest BCUT2D eigenvalue weighted by molar-refractivity contribution is -0.407. The molecule has 27 nitrogen and oxygen atoms in total. The maximum atomic E-state index is 12.1. The van der Waals surface area contributed by atoms with E-state index in [1.165, 1.54) is 56.9 Å². The van der Waals surface area contributed by atoms with E-state index in [1.807, 2.05) is 5.32 Å². The number of aliphatic hydroxyl groups excluding tert-OH is 3. The maximum Gasteiger partial charge on any atom is 0.430 e. The Bertz CT molecular complexity index is 2510. The average molecular weight is 1130 g/mol. The fourth-order valence-corrected chi connectivity index (χ4v) is 5.48. The minimum absolute atomic E-state index is 0.255. The van der Waals surface area contributed by atoms with Crippen molar-refractivity contribution < 1.29 is 111 Å². The highest BCUT2D eigenvalue weighted by atomic mass is 19.4. The van der Waals surface area contributed by atoms with Crippen molar-refractivity contribution in [2.75, 3.05) is 87.3 Å². The summed E-state index contributed by atoms with van der Waals surface area (Å²) in [6.07, 6.45) is -6.06. The number of anilines is 2. The van der Waals surface area contributed by atoms with Crippen LogP contribution in [-0.4, -0.2) is 151 Å². The van der Waals surface area contributed by atoms with Gasteiger partial charge in [-0.3, -0.25) is 9.59 Å². The molecule has 0 aliphatic heterocycles. The number of benzene rings is 4. The van der Waals surface area contributed by atoms with Crippen LogP contribution in [0, 0.1) is 5.92 Å². The summed E-state index contributed by atoms with van der Waals surface area (Å²) in [6.45, 7) is 5.29. The van der Waals surface area contributed by atoms with E-state index in [4.69, 9.17) is 73.0 Å². The van der Waals surface area contributed by atoms with Crippen molar-refractivity contribution in [3.63, 3.8) is 0 Å². The van der Waals surface area contributed by atoms with E-state index >= 15 is 0 Å². The van der Waals surface area contributed by atoms with Crippen LogP contribution in [0.1, 0.15) is 27.7 Å². The average Bonchev–Trinajstić information content (AvgIpc) is 3.42. The molecule has 10 N–H and O–H groups in total. The Morgan fingerprint density at radius 2 is 0.924 bits per heavy atom. The lowest BCUT2D eigenvalue weighted by atomic mass is 10.1. The second-order valence-electron chi connectivity index (χ2n) is 16.4. The third-order valence-electron chi connectivity index (χ3n) is 9.46. The molecule has 30 heteroatoms. The van der Waals surface area contributed by atoms with Crippen molar-refractivity contribution in [2.45, 2.75) is 51.6 Å². The van der Waals surface area contributed by atoms with Crippen LogP contribution < -0.4 is 64.7 Å². The number of alkyl halides is 3. The molecular formula is C49H65F3N8O19. The van der Waals surface area contributed by atoms with E-state index in [0.717, 1.165) is 0 Å². The predicted octanol–water partition coefficient (Wildman–Crippen LogP) is 4.64. The molecule has 3 amide bonds. The van der Waals surface area contributed by atoms with Crippen LogP contribution >= 0.6 is 0 Å². The number of amides is 3. The number of nitrogens with zero attached hydrogens (tertiary/aromatic N) is 4. The van der Waals surface area contributed by atoms with Gasteiger partial charge in [0.1, 0.15) is 29.7 Å². The summed E-state index contributed by atoms with van der Waals surface area (Å²) in [7, 11) is 12.1. The first kappa shape index (κ1) is 68.3.